The van der Waals surface area contributed by atoms with Gasteiger partial charge in [-0.2, -0.15) is 5.26 Å². The number of aliphatic carboxylic acids is 1. The summed E-state index contributed by atoms with van der Waals surface area (Å²) in [7, 11) is 0. The van der Waals surface area contributed by atoms with Crippen LogP contribution < -0.4 is 0 Å². The lowest BCUT2D eigenvalue weighted by Crippen LogP contribution is -2.07. The minimum Gasteiger partial charge on any atom is -0.481 e. The highest BCUT2D eigenvalue weighted by Gasteiger charge is 2.11. The van der Waals surface area contributed by atoms with Crippen LogP contribution in [0.2, 0.25) is 0 Å². The van der Waals surface area contributed by atoms with E-state index in [1.165, 1.54) is 11.8 Å². The monoisotopic (exact) mass is 301 g/mol. The van der Waals surface area contributed by atoms with Crippen molar-refractivity contribution in [1.82, 2.24) is 9.55 Å². The zero-order chi connectivity index (χ0) is 15.2. The molecule has 0 aliphatic rings. The molecule has 0 amide bonds. The molecule has 0 aliphatic heterocycles. The molecule has 2 aromatic rings. The van der Waals surface area contributed by atoms with Crippen LogP contribution in [-0.2, 0) is 17.8 Å². The maximum absolute atomic E-state index is 10.7. The summed E-state index contributed by atoms with van der Waals surface area (Å²) in [5.41, 5.74) is 2.66. The fraction of sp³-hybridized carbons (Fsp3) is 0.267. The molecule has 2 rings (SSSR count). The average Bonchev–Trinajstić information content (AvgIpc) is 2.87. The van der Waals surface area contributed by atoms with Crippen LogP contribution in [0, 0.1) is 11.3 Å². The molecular weight excluding hydrogens is 286 g/mol. The molecule has 6 heteroatoms. The van der Waals surface area contributed by atoms with Gasteiger partial charge >= 0.3 is 5.97 Å². The molecule has 0 radical (unpaired) electrons. The lowest BCUT2D eigenvalue weighted by Gasteiger charge is -2.10. The highest BCUT2D eigenvalue weighted by atomic mass is 32.2. The van der Waals surface area contributed by atoms with Crippen LogP contribution in [0.25, 0.3) is 0 Å². The van der Waals surface area contributed by atoms with Gasteiger partial charge in [0.1, 0.15) is 0 Å². The predicted octanol–water partition coefficient (Wildman–Crippen LogP) is 2.54. The number of thioether (sulfide) groups is 1. The molecular formula is C15H15N3O2S. The van der Waals surface area contributed by atoms with Crippen molar-refractivity contribution in [3.8, 4) is 6.07 Å². The number of imidazole rings is 1. The molecule has 0 unspecified atom stereocenters. The molecule has 0 fully saturated rings. The molecule has 21 heavy (non-hydrogen) atoms. The summed E-state index contributed by atoms with van der Waals surface area (Å²) >= 11 is 1.21. The van der Waals surface area contributed by atoms with Gasteiger partial charge in [0, 0.05) is 18.4 Å². The van der Waals surface area contributed by atoms with E-state index < -0.39 is 5.97 Å². The number of hydrogen-bond donors (Lipinski definition) is 1. The number of nitrogens with zero attached hydrogens (tertiary/aromatic N) is 3. The third-order valence-corrected chi connectivity index (χ3v) is 3.96. The summed E-state index contributed by atoms with van der Waals surface area (Å²) in [5.74, 6) is -0.877. The quantitative estimate of drug-likeness (QED) is 0.829. The summed E-state index contributed by atoms with van der Waals surface area (Å²) in [6.45, 7) is 2.62. The molecule has 108 valence electrons. The van der Waals surface area contributed by atoms with Gasteiger partial charge in [-0.3, -0.25) is 4.79 Å². The summed E-state index contributed by atoms with van der Waals surface area (Å²) in [6, 6.07) is 9.52. The van der Waals surface area contributed by atoms with Gasteiger partial charge in [-0.15, -0.1) is 0 Å². The number of hydrogen-bond acceptors (Lipinski definition) is 4. The lowest BCUT2D eigenvalue weighted by atomic mass is 10.1. The Morgan fingerprint density at radius 1 is 1.52 bits per heavy atom. The van der Waals surface area contributed by atoms with E-state index in [0.29, 0.717) is 17.3 Å². The van der Waals surface area contributed by atoms with Gasteiger partial charge in [0.15, 0.2) is 5.16 Å². The Bertz CT molecular complexity index is 688. The topological polar surface area (TPSA) is 78.9 Å². The van der Waals surface area contributed by atoms with Gasteiger partial charge in [-0.1, -0.05) is 30.8 Å². The maximum atomic E-state index is 10.7. The van der Waals surface area contributed by atoms with E-state index in [9.17, 15) is 4.79 Å². The Hall–Kier alpha value is -2.26. The van der Waals surface area contributed by atoms with Crippen LogP contribution >= 0.6 is 11.8 Å². The van der Waals surface area contributed by atoms with Crippen molar-refractivity contribution >= 4 is 17.7 Å². The molecule has 0 aliphatic carbocycles. The molecule has 0 saturated carbocycles. The van der Waals surface area contributed by atoms with Gasteiger partial charge in [0.05, 0.1) is 17.4 Å². The lowest BCUT2D eigenvalue weighted by molar-refractivity contribution is -0.133. The molecule has 0 bridgehead atoms. The number of aryl methyl sites for hydroxylation is 1. The SMILES string of the molecule is CCc1cnc(SCC(=O)O)n1Cc1cccc(C#N)c1. The van der Waals surface area contributed by atoms with Gasteiger partial charge in [0.2, 0.25) is 0 Å². The number of nitriles is 1. The van der Waals surface area contributed by atoms with Gasteiger partial charge in [-0.05, 0) is 24.1 Å². The van der Waals surface area contributed by atoms with Crippen molar-refractivity contribution in [3.05, 3.63) is 47.3 Å². The number of aromatic nitrogens is 2. The van der Waals surface area contributed by atoms with Gasteiger partial charge in [0.25, 0.3) is 0 Å². The van der Waals surface area contributed by atoms with Crippen molar-refractivity contribution in [2.45, 2.75) is 25.0 Å². The number of carboxylic acids is 1. The standard InChI is InChI=1S/C15H15N3O2S/c1-2-13-8-17-15(21-10-14(19)20)18(13)9-12-5-3-4-11(6-12)7-16/h3-6,8H,2,9-10H2,1H3,(H,19,20). The number of rotatable bonds is 6. The summed E-state index contributed by atoms with van der Waals surface area (Å²) in [6.07, 6.45) is 2.59. The molecule has 1 aromatic heterocycles. The number of carboxylic acid groups (broad SMARTS) is 1. The molecule has 0 atom stereocenters. The van der Waals surface area contributed by atoms with E-state index in [0.717, 1.165) is 17.7 Å². The largest absolute Gasteiger partial charge is 0.481 e. The Labute approximate surface area is 127 Å². The third-order valence-electron chi connectivity index (χ3n) is 2.99. The Morgan fingerprint density at radius 2 is 2.33 bits per heavy atom. The van der Waals surface area contributed by atoms with Crippen LogP contribution in [0.1, 0.15) is 23.7 Å². The van der Waals surface area contributed by atoms with E-state index in [-0.39, 0.29) is 5.75 Å². The molecule has 0 spiro atoms. The van der Waals surface area contributed by atoms with E-state index in [4.69, 9.17) is 10.4 Å². The molecule has 1 heterocycles. The average molecular weight is 301 g/mol. The second-order valence-corrected chi connectivity index (χ2v) is 5.41. The molecule has 5 nitrogen and oxygen atoms in total. The van der Waals surface area contributed by atoms with Crippen molar-refractivity contribution < 1.29 is 9.90 Å². The summed E-state index contributed by atoms with van der Waals surface area (Å²) < 4.78 is 2.00. The first-order chi connectivity index (χ1) is 10.1. The highest BCUT2D eigenvalue weighted by Crippen LogP contribution is 2.20. The van der Waals surface area contributed by atoms with Crippen LogP contribution in [0.3, 0.4) is 0 Å². The third kappa shape index (κ3) is 3.86. The Kier molecular flexibility index (Phi) is 5.01. The van der Waals surface area contributed by atoms with Crippen molar-refractivity contribution in [2.24, 2.45) is 0 Å². The predicted molar refractivity (Wildman–Crippen MR) is 80.2 cm³/mol. The van der Waals surface area contributed by atoms with Crippen LogP contribution in [0.5, 0.6) is 0 Å². The second kappa shape index (κ2) is 6.95. The van der Waals surface area contributed by atoms with Crippen molar-refractivity contribution in [1.29, 1.82) is 5.26 Å². The highest BCUT2D eigenvalue weighted by molar-refractivity contribution is 7.99. The minimum atomic E-state index is -0.862. The van der Waals surface area contributed by atoms with Gasteiger partial charge < -0.3 is 9.67 Å². The van der Waals surface area contributed by atoms with E-state index in [1.807, 2.05) is 29.7 Å². The van der Waals surface area contributed by atoms with Crippen molar-refractivity contribution in [2.75, 3.05) is 5.75 Å². The molecule has 0 saturated heterocycles. The molecule has 1 aromatic carbocycles. The van der Waals surface area contributed by atoms with Crippen molar-refractivity contribution in [3.63, 3.8) is 0 Å². The Morgan fingerprint density at radius 3 is 3.00 bits per heavy atom. The first kappa shape index (κ1) is 15.1. The van der Waals surface area contributed by atoms with Crippen LogP contribution in [-0.4, -0.2) is 26.4 Å². The first-order valence-corrected chi connectivity index (χ1v) is 7.50. The number of benzene rings is 1. The maximum Gasteiger partial charge on any atom is 0.313 e. The fourth-order valence-electron chi connectivity index (χ4n) is 2.01. The second-order valence-electron chi connectivity index (χ2n) is 4.47. The summed E-state index contributed by atoms with van der Waals surface area (Å²) in [4.78, 5) is 15.0. The molecule has 1 N–H and O–H groups in total. The van der Waals surface area contributed by atoms with E-state index >= 15 is 0 Å². The van der Waals surface area contributed by atoms with E-state index in [1.54, 1.807) is 12.3 Å². The van der Waals surface area contributed by atoms with Gasteiger partial charge in [-0.25, -0.2) is 4.98 Å². The first-order valence-electron chi connectivity index (χ1n) is 6.52. The fourth-order valence-corrected chi connectivity index (χ4v) is 2.72. The normalized spacial score (nSPS) is 10.3. The summed E-state index contributed by atoms with van der Waals surface area (Å²) in [5, 5.41) is 18.4. The minimum absolute atomic E-state index is 0.0155. The van der Waals surface area contributed by atoms with Crippen LogP contribution in [0.4, 0.5) is 0 Å². The van der Waals surface area contributed by atoms with Crippen LogP contribution in [0.15, 0.2) is 35.6 Å². The number of carbonyl (C=O) groups is 1. The zero-order valence-corrected chi connectivity index (χ0v) is 12.4. The van der Waals surface area contributed by atoms with E-state index in [2.05, 4.69) is 11.1 Å². The Balaban J connectivity index is 2.26. The smallest absolute Gasteiger partial charge is 0.313 e. The zero-order valence-electron chi connectivity index (χ0n) is 11.6.